The molecule has 4 nitrogen and oxygen atoms in total. The van der Waals surface area contributed by atoms with E-state index in [1.54, 1.807) is 37.5 Å². The summed E-state index contributed by atoms with van der Waals surface area (Å²) in [6.45, 7) is 1.89. The Morgan fingerprint density at radius 1 is 1.10 bits per heavy atom. The number of aryl methyl sites for hydroxylation is 2. The molecule has 6 heteroatoms. The molecule has 0 saturated heterocycles. The molecule has 0 fully saturated rings. The molecule has 0 bridgehead atoms. The summed E-state index contributed by atoms with van der Waals surface area (Å²) in [5, 5.41) is 2.60. The number of nitrogens with zero attached hydrogens (tertiary/aromatic N) is 1. The van der Waals surface area contributed by atoms with Gasteiger partial charge in [-0.3, -0.25) is 9.59 Å². The zero-order valence-electron chi connectivity index (χ0n) is 16.6. The van der Waals surface area contributed by atoms with Crippen LogP contribution in [0.15, 0.2) is 53.5 Å². The lowest BCUT2D eigenvalue weighted by molar-refractivity contribution is -0.111. The van der Waals surface area contributed by atoms with Gasteiger partial charge in [-0.1, -0.05) is 19.1 Å². The van der Waals surface area contributed by atoms with Crippen LogP contribution in [-0.2, 0) is 24.7 Å². The Morgan fingerprint density at radius 3 is 2.50 bits per heavy atom. The molecule has 30 heavy (non-hydrogen) atoms. The second-order valence-corrected chi connectivity index (χ2v) is 6.91. The number of rotatable bonds is 5. The number of aromatic nitrogens is 1. The molecule has 1 N–H and O–H groups in total. The lowest BCUT2D eigenvalue weighted by atomic mass is 9.94. The molecule has 1 heterocycles. The lowest BCUT2D eigenvalue weighted by Crippen LogP contribution is -2.20. The molecule has 0 radical (unpaired) electrons. The van der Waals surface area contributed by atoms with Crippen LogP contribution >= 0.6 is 0 Å². The highest BCUT2D eigenvalue weighted by molar-refractivity contribution is 6.03. The normalized spacial score (nSPS) is 10.5. The van der Waals surface area contributed by atoms with Crippen LogP contribution in [0.25, 0.3) is 11.1 Å². The fraction of sp³-hybridized carbons (Fsp3) is 0.167. The number of benzene rings is 2. The van der Waals surface area contributed by atoms with E-state index in [1.165, 1.54) is 16.7 Å². The first-order valence-electron chi connectivity index (χ1n) is 9.36. The highest BCUT2D eigenvalue weighted by Crippen LogP contribution is 2.30. The van der Waals surface area contributed by atoms with Crippen LogP contribution < -0.4 is 10.9 Å². The van der Waals surface area contributed by atoms with Gasteiger partial charge in [0.2, 0.25) is 0 Å². The van der Waals surface area contributed by atoms with Gasteiger partial charge in [0.15, 0.2) is 0 Å². The Kier molecular flexibility index (Phi) is 6.12. The van der Waals surface area contributed by atoms with E-state index in [4.69, 9.17) is 6.42 Å². The van der Waals surface area contributed by atoms with E-state index >= 15 is 0 Å². The summed E-state index contributed by atoms with van der Waals surface area (Å²) < 4.78 is 29.0. The van der Waals surface area contributed by atoms with E-state index < -0.39 is 17.5 Å². The topological polar surface area (TPSA) is 51.1 Å². The summed E-state index contributed by atoms with van der Waals surface area (Å²) in [5.41, 5.74) is 3.54. The number of hydrogen-bond acceptors (Lipinski definition) is 2. The molecule has 0 aliphatic rings. The van der Waals surface area contributed by atoms with Crippen molar-refractivity contribution in [3.8, 4) is 23.5 Å². The highest BCUT2D eigenvalue weighted by Gasteiger charge is 2.14. The number of carbonyl (C=O) groups excluding carboxylic acids is 1. The second-order valence-electron chi connectivity index (χ2n) is 6.91. The number of halogens is 2. The second kappa shape index (κ2) is 8.75. The zero-order chi connectivity index (χ0) is 21.8. The molecule has 1 aromatic heterocycles. The van der Waals surface area contributed by atoms with Crippen LogP contribution in [0, 0.1) is 24.0 Å². The maximum absolute atomic E-state index is 14.2. The Hall–Kier alpha value is -3.72. The molecule has 0 atom stereocenters. The van der Waals surface area contributed by atoms with Gasteiger partial charge in [0, 0.05) is 37.0 Å². The minimum absolute atomic E-state index is 0.0934. The fourth-order valence-electron chi connectivity index (χ4n) is 3.30. The van der Waals surface area contributed by atoms with Crippen molar-refractivity contribution in [3.05, 3.63) is 87.3 Å². The van der Waals surface area contributed by atoms with Crippen molar-refractivity contribution >= 4 is 11.6 Å². The summed E-state index contributed by atoms with van der Waals surface area (Å²) >= 11 is 0. The maximum Gasteiger partial charge on any atom is 0.300 e. The Morgan fingerprint density at radius 2 is 1.83 bits per heavy atom. The standard InChI is InChI=1S/C24H20F2N2O2/c1-4-15-10-18(14-28(3)24(15)30)21-13-20(27-23(29)5-2)9-7-16(21)11-17-6-8-19(25)12-22(17)26/h2,6-10,12-14H,4,11H2,1,3H3,(H,27,29). The Labute approximate surface area is 173 Å². The maximum atomic E-state index is 14.2. The molecule has 0 saturated carbocycles. The van der Waals surface area contributed by atoms with Crippen LogP contribution in [-0.4, -0.2) is 10.5 Å². The molecule has 2 aromatic carbocycles. The highest BCUT2D eigenvalue weighted by atomic mass is 19.1. The largest absolute Gasteiger partial charge is 0.318 e. The number of anilines is 1. The lowest BCUT2D eigenvalue weighted by Gasteiger charge is -2.15. The fourth-order valence-corrected chi connectivity index (χ4v) is 3.30. The summed E-state index contributed by atoms with van der Waals surface area (Å²) in [7, 11) is 1.66. The van der Waals surface area contributed by atoms with Crippen LogP contribution in [0.3, 0.4) is 0 Å². The van der Waals surface area contributed by atoms with Crippen molar-refractivity contribution < 1.29 is 13.6 Å². The molecule has 3 rings (SSSR count). The molecule has 152 valence electrons. The van der Waals surface area contributed by atoms with Gasteiger partial charge in [-0.15, -0.1) is 6.42 Å². The number of hydrogen-bond donors (Lipinski definition) is 1. The van der Waals surface area contributed by atoms with Gasteiger partial charge in [-0.05, 0) is 58.9 Å². The van der Waals surface area contributed by atoms with Crippen molar-refractivity contribution in [1.82, 2.24) is 4.57 Å². The molecular weight excluding hydrogens is 386 g/mol. The van der Waals surface area contributed by atoms with Crippen molar-refractivity contribution in [2.24, 2.45) is 7.05 Å². The first-order chi connectivity index (χ1) is 14.3. The third-order valence-corrected chi connectivity index (χ3v) is 4.84. The van der Waals surface area contributed by atoms with Crippen LogP contribution in [0.5, 0.6) is 0 Å². The van der Waals surface area contributed by atoms with Gasteiger partial charge in [0.25, 0.3) is 11.5 Å². The van der Waals surface area contributed by atoms with Crippen molar-refractivity contribution in [2.75, 3.05) is 5.32 Å². The average Bonchev–Trinajstić information content (AvgIpc) is 2.72. The third-order valence-electron chi connectivity index (χ3n) is 4.84. The first kappa shape index (κ1) is 21.0. The van der Waals surface area contributed by atoms with Gasteiger partial charge in [0.1, 0.15) is 11.6 Å². The predicted molar refractivity (Wildman–Crippen MR) is 113 cm³/mol. The van der Waals surface area contributed by atoms with Crippen molar-refractivity contribution in [1.29, 1.82) is 0 Å². The molecule has 0 spiro atoms. The smallest absolute Gasteiger partial charge is 0.300 e. The SMILES string of the molecule is C#CC(=O)Nc1ccc(Cc2ccc(F)cc2F)c(-c2cc(CC)c(=O)n(C)c2)c1. The summed E-state index contributed by atoms with van der Waals surface area (Å²) in [4.78, 5) is 23.9. The minimum atomic E-state index is -0.644. The molecule has 3 aromatic rings. The van der Waals surface area contributed by atoms with E-state index in [2.05, 4.69) is 5.32 Å². The van der Waals surface area contributed by atoms with Gasteiger partial charge in [0.05, 0.1) is 0 Å². The summed E-state index contributed by atoms with van der Waals surface area (Å²) in [6, 6.07) is 10.4. The number of carbonyl (C=O) groups is 1. The van der Waals surface area contributed by atoms with Crippen LogP contribution in [0.1, 0.15) is 23.6 Å². The Bertz CT molecular complexity index is 1220. The quantitative estimate of drug-likeness (QED) is 0.650. The van der Waals surface area contributed by atoms with E-state index in [-0.39, 0.29) is 12.0 Å². The average molecular weight is 406 g/mol. The van der Waals surface area contributed by atoms with Crippen LogP contribution in [0.4, 0.5) is 14.5 Å². The van der Waals surface area contributed by atoms with Gasteiger partial charge >= 0.3 is 0 Å². The monoisotopic (exact) mass is 406 g/mol. The molecule has 0 aliphatic carbocycles. The summed E-state index contributed by atoms with van der Waals surface area (Å²) in [5.74, 6) is 0.122. The van der Waals surface area contributed by atoms with Crippen molar-refractivity contribution in [3.63, 3.8) is 0 Å². The Balaban J connectivity index is 2.15. The van der Waals surface area contributed by atoms with Gasteiger partial charge in [-0.25, -0.2) is 8.78 Å². The number of terminal acetylenes is 1. The third kappa shape index (κ3) is 4.47. The molecule has 0 unspecified atom stereocenters. The van der Waals surface area contributed by atoms with Crippen LogP contribution in [0.2, 0.25) is 0 Å². The van der Waals surface area contributed by atoms with E-state index in [1.807, 2.05) is 12.8 Å². The number of amides is 1. The molecular formula is C24H20F2N2O2. The number of nitrogens with one attached hydrogen (secondary N) is 1. The predicted octanol–water partition coefficient (Wildman–Crippen LogP) is 4.06. The van der Waals surface area contributed by atoms with Crippen molar-refractivity contribution in [2.45, 2.75) is 19.8 Å². The zero-order valence-corrected chi connectivity index (χ0v) is 16.6. The van der Waals surface area contributed by atoms with Gasteiger partial charge < -0.3 is 9.88 Å². The van der Waals surface area contributed by atoms with E-state index in [0.29, 0.717) is 28.8 Å². The summed E-state index contributed by atoms with van der Waals surface area (Å²) in [6.07, 6.45) is 7.58. The molecule has 1 amide bonds. The first-order valence-corrected chi connectivity index (χ1v) is 9.36. The van der Waals surface area contributed by atoms with E-state index in [9.17, 15) is 18.4 Å². The minimum Gasteiger partial charge on any atom is -0.318 e. The number of pyridine rings is 1. The van der Waals surface area contributed by atoms with Gasteiger partial charge in [-0.2, -0.15) is 0 Å². The molecule has 0 aliphatic heterocycles. The van der Waals surface area contributed by atoms with E-state index in [0.717, 1.165) is 17.2 Å².